The highest BCUT2D eigenvalue weighted by molar-refractivity contribution is 5.77. The minimum Gasteiger partial charge on any atom is -0.481 e. The van der Waals surface area contributed by atoms with Crippen molar-refractivity contribution in [1.29, 1.82) is 0 Å². The van der Waals surface area contributed by atoms with Gasteiger partial charge >= 0.3 is 0 Å². The van der Waals surface area contributed by atoms with Gasteiger partial charge in [0.2, 0.25) is 0 Å². The fraction of sp³-hybridized carbons (Fsp3) is 0.158. The molecule has 0 saturated heterocycles. The quantitative estimate of drug-likeness (QED) is 0.707. The molecular formula is C19H17F2N3O2. The first kappa shape index (κ1) is 17.6. The summed E-state index contributed by atoms with van der Waals surface area (Å²) in [6.45, 7) is 0.0933. The van der Waals surface area contributed by atoms with E-state index in [-0.39, 0.29) is 18.3 Å². The number of ether oxygens (including phenoxy) is 1. The summed E-state index contributed by atoms with van der Waals surface area (Å²) in [4.78, 5) is 11.8. The predicted molar refractivity (Wildman–Crippen MR) is 92.1 cm³/mol. The number of nitrogens with one attached hydrogen (secondary N) is 1. The largest absolute Gasteiger partial charge is 0.481 e. The van der Waals surface area contributed by atoms with Crippen LogP contribution in [0.5, 0.6) is 5.75 Å². The number of hydrogen-bond acceptors (Lipinski definition) is 3. The summed E-state index contributed by atoms with van der Waals surface area (Å²) < 4.78 is 33.0. The van der Waals surface area contributed by atoms with Gasteiger partial charge in [-0.1, -0.05) is 12.1 Å². The molecule has 1 amide bonds. The Morgan fingerprint density at radius 1 is 1.15 bits per heavy atom. The Hall–Kier alpha value is -3.22. The van der Waals surface area contributed by atoms with Gasteiger partial charge in [0.25, 0.3) is 5.91 Å². The molecule has 3 rings (SSSR count). The first-order chi connectivity index (χ1) is 12.6. The molecule has 0 radical (unpaired) electrons. The summed E-state index contributed by atoms with van der Waals surface area (Å²) in [5, 5.41) is 6.85. The van der Waals surface area contributed by atoms with E-state index in [9.17, 15) is 13.6 Å². The molecule has 7 heteroatoms. The van der Waals surface area contributed by atoms with Crippen LogP contribution in [0.15, 0.2) is 60.9 Å². The predicted octanol–water partition coefficient (Wildman–Crippen LogP) is 2.89. The molecule has 1 heterocycles. The van der Waals surface area contributed by atoms with E-state index in [1.165, 1.54) is 0 Å². The van der Waals surface area contributed by atoms with Gasteiger partial charge in [0.1, 0.15) is 5.82 Å². The van der Waals surface area contributed by atoms with E-state index >= 15 is 0 Å². The molecular weight excluding hydrogens is 340 g/mol. The molecule has 0 aliphatic heterocycles. The van der Waals surface area contributed by atoms with Crippen LogP contribution in [0, 0.1) is 11.6 Å². The Labute approximate surface area is 149 Å². The zero-order valence-corrected chi connectivity index (χ0v) is 13.9. The van der Waals surface area contributed by atoms with Crippen LogP contribution in [-0.4, -0.2) is 28.8 Å². The molecule has 5 nitrogen and oxygen atoms in total. The topological polar surface area (TPSA) is 56.1 Å². The van der Waals surface area contributed by atoms with Crippen molar-refractivity contribution in [3.8, 4) is 11.4 Å². The molecule has 26 heavy (non-hydrogen) atoms. The summed E-state index contributed by atoms with van der Waals surface area (Å²) >= 11 is 0. The number of aromatic nitrogens is 2. The summed E-state index contributed by atoms with van der Waals surface area (Å²) in [5.41, 5.74) is 2.02. The van der Waals surface area contributed by atoms with E-state index in [1.54, 1.807) is 10.9 Å². The lowest BCUT2D eigenvalue weighted by Crippen LogP contribution is -2.30. The highest BCUT2D eigenvalue weighted by Crippen LogP contribution is 2.17. The number of halogens is 2. The van der Waals surface area contributed by atoms with Gasteiger partial charge in [0.05, 0.1) is 5.69 Å². The normalized spacial score (nSPS) is 10.5. The van der Waals surface area contributed by atoms with Crippen LogP contribution in [0.2, 0.25) is 0 Å². The van der Waals surface area contributed by atoms with Crippen molar-refractivity contribution in [3.63, 3.8) is 0 Å². The molecule has 0 spiro atoms. The number of carbonyl (C=O) groups excluding carboxylic acids is 1. The smallest absolute Gasteiger partial charge is 0.257 e. The minimum absolute atomic E-state index is 0.157. The molecule has 1 aromatic heterocycles. The molecule has 0 aliphatic carbocycles. The maximum atomic E-state index is 13.4. The van der Waals surface area contributed by atoms with Gasteiger partial charge in [0, 0.05) is 25.0 Å². The minimum atomic E-state index is -0.838. The summed E-state index contributed by atoms with van der Waals surface area (Å²) in [6.07, 6.45) is 4.22. The summed E-state index contributed by atoms with van der Waals surface area (Å²) in [5.74, 6) is -2.06. The van der Waals surface area contributed by atoms with Crippen LogP contribution in [0.3, 0.4) is 0 Å². The number of nitrogens with zero attached hydrogens (tertiary/aromatic N) is 2. The molecule has 0 saturated carbocycles. The third-order valence-corrected chi connectivity index (χ3v) is 3.69. The fourth-order valence-corrected chi connectivity index (χ4v) is 2.37. The van der Waals surface area contributed by atoms with Gasteiger partial charge in [-0.05, 0) is 42.3 Å². The highest BCUT2D eigenvalue weighted by atomic mass is 19.1. The van der Waals surface area contributed by atoms with Crippen molar-refractivity contribution in [2.24, 2.45) is 0 Å². The van der Waals surface area contributed by atoms with Crippen LogP contribution in [-0.2, 0) is 11.2 Å². The molecule has 134 valence electrons. The number of benzene rings is 2. The van der Waals surface area contributed by atoms with Crippen molar-refractivity contribution in [2.45, 2.75) is 6.42 Å². The van der Waals surface area contributed by atoms with E-state index in [2.05, 4.69) is 10.4 Å². The second-order valence-electron chi connectivity index (χ2n) is 5.58. The van der Waals surface area contributed by atoms with E-state index in [0.29, 0.717) is 19.0 Å². The Morgan fingerprint density at radius 2 is 1.96 bits per heavy atom. The zero-order valence-electron chi connectivity index (χ0n) is 13.9. The second-order valence-corrected chi connectivity index (χ2v) is 5.58. The lowest BCUT2D eigenvalue weighted by atomic mass is 10.1. The molecule has 0 fully saturated rings. The van der Waals surface area contributed by atoms with E-state index in [0.717, 1.165) is 23.4 Å². The Bertz CT molecular complexity index is 865. The molecule has 0 bridgehead atoms. The van der Waals surface area contributed by atoms with Crippen molar-refractivity contribution in [2.75, 3.05) is 13.2 Å². The fourth-order valence-electron chi connectivity index (χ4n) is 2.37. The van der Waals surface area contributed by atoms with Crippen LogP contribution in [0.1, 0.15) is 5.56 Å². The molecule has 0 aliphatic rings. The standard InChI is InChI=1S/C19H17F2N3O2/c20-15-4-7-18(17(21)12-15)26-13-19(25)22-10-8-14-2-5-16(6-3-14)24-11-1-9-23-24/h1-7,9,11-12H,8,10,13H2,(H,22,25). The Kier molecular flexibility index (Phi) is 5.58. The average Bonchev–Trinajstić information content (AvgIpc) is 3.16. The first-order valence-corrected chi connectivity index (χ1v) is 8.05. The van der Waals surface area contributed by atoms with Crippen LogP contribution < -0.4 is 10.1 Å². The number of rotatable bonds is 7. The second kappa shape index (κ2) is 8.24. The number of carbonyl (C=O) groups is 1. The zero-order chi connectivity index (χ0) is 18.4. The van der Waals surface area contributed by atoms with Gasteiger partial charge in [-0.25, -0.2) is 13.5 Å². The summed E-state index contributed by atoms with van der Waals surface area (Å²) in [6, 6.07) is 12.6. The molecule has 3 aromatic rings. The van der Waals surface area contributed by atoms with Gasteiger partial charge in [-0.3, -0.25) is 4.79 Å². The van der Waals surface area contributed by atoms with E-state index in [4.69, 9.17) is 4.74 Å². The SMILES string of the molecule is O=C(COc1ccc(F)cc1F)NCCc1ccc(-n2cccn2)cc1. The monoisotopic (exact) mass is 357 g/mol. The molecule has 0 unspecified atom stereocenters. The maximum absolute atomic E-state index is 13.4. The lowest BCUT2D eigenvalue weighted by molar-refractivity contribution is -0.123. The number of amides is 1. The van der Waals surface area contributed by atoms with E-state index < -0.39 is 11.6 Å². The third-order valence-electron chi connectivity index (χ3n) is 3.69. The van der Waals surface area contributed by atoms with Crippen molar-refractivity contribution < 1.29 is 18.3 Å². The Balaban J connectivity index is 1.42. The van der Waals surface area contributed by atoms with Crippen molar-refractivity contribution in [3.05, 3.63) is 78.1 Å². The molecule has 2 aromatic carbocycles. The highest BCUT2D eigenvalue weighted by Gasteiger charge is 2.08. The molecule has 0 atom stereocenters. The van der Waals surface area contributed by atoms with Crippen LogP contribution in [0.25, 0.3) is 5.69 Å². The van der Waals surface area contributed by atoms with Crippen molar-refractivity contribution in [1.82, 2.24) is 15.1 Å². The average molecular weight is 357 g/mol. The van der Waals surface area contributed by atoms with Crippen LogP contribution >= 0.6 is 0 Å². The van der Waals surface area contributed by atoms with Gasteiger partial charge in [-0.15, -0.1) is 0 Å². The number of hydrogen-bond donors (Lipinski definition) is 1. The van der Waals surface area contributed by atoms with Gasteiger partial charge < -0.3 is 10.1 Å². The maximum Gasteiger partial charge on any atom is 0.257 e. The van der Waals surface area contributed by atoms with Gasteiger partial charge in [0.15, 0.2) is 18.2 Å². The third kappa shape index (κ3) is 4.66. The summed E-state index contributed by atoms with van der Waals surface area (Å²) in [7, 11) is 0. The van der Waals surface area contributed by atoms with Crippen molar-refractivity contribution >= 4 is 5.91 Å². The molecule has 1 N–H and O–H groups in total. The van der Waals surface area contributed by atoms with Gasteiger partial charge in [-0.2, -0.15) is 5.10 Å². The lowest BCUT2D eigenvalue weighted by Gasteiger charge is -2.09. The Morgan fingerprint density at radius 3 is 2.65 bits per heavy atom. The van der Waals surface area contributed by atoms with E-state index in [1.807, 2.05) is 36.5 Å². The first-order valence-electron chi connectivity index (χ1n) is 8.05. The van der Waals surface area contributed by atoms with Crippen LogP contribution in [0.4, 0.5) is 8.78 Å².